The molecule has 1 fully saturated rings. The molecule has 0 atom stereocenters. The van der Waals surface area contributed by atoms with E-state index in [0.29, 0.717) is 13.2 Å². The molecule has 1 saturated heterocycles. The standard InChI is InChI=1S/C19H29BN2O3/c1-14(22-11-12-23-6)17(13-21)15-7-9-16(10-8-15)20-24-18(2,3)19(4,5)25-20/h7-10,13H,11-12,21H2,1-6H3/b17-13+,22-14?. The van der Waals surface area contributed by atoms with E-state index in [1.165, 1.54) is 0 Å². The maximum atomic E-state index is 6.09. The number of hydrogen-bond donors (Lipinski definition) is 1. The van der Waals surface area contributed by atoms with E-state index in [-0.39, 0.29) is 18.3 Å². The van der Waals surface area contributed by atoms with E-state index in [2.05, 4.69) is 32.7 Å². The molecule has 0 spiro atoms. The van der Waals surface area contributed by atoms with Crippen LogP contribution in [0.3, 0.4) is 0 Å². The third-order valence-electron chi connectivity index (χ3n) is 4.95. The maximum Gasteiger partial charge on any atom is 0.494 e. The molecule has 5 nitrogen and oxygen atoms in total. The molecule has 1 aliphatic rings. The quantitative estimate of drug-likeness (QED) is 0.489. The lowest BCUT2D eigenvalue weighted by molar-refractivity contribution is 0.00578. The fraction of sp³-hybridized carbons (Fsp3) is 0.526. The van der Waals surface area contributed by atoms with Gasteiger partial charge in [-0.15, -0.1) is 0 Å². The predicted molar refractivity (Wildman–Crippen MR) is 104 cm³/mol. The zero-order chi connectivity index (χ0) is 18.7. The number of benzene rings is 1. The molecule has 2 rings (SSSR count). The molecule has 1 aromatic carbocycles. The van der Waals surface area contributed by atoms with E-state index < -0.39 is 0 Å². The van der Waals surface area contributed by atoms with E-state index in [1.54, 1.807) is 13.3 Å². The Kier molecular flexibility index (Phi) is 6.09. The molecule has 136 valence electrons. The smallest absolute Gasteiger partial charge is 0.404 e. The van der Waals surface area contributed by atoms with Crippen molar-refractivity contribution in [3.05, 3.63) is 36.0 Å². The van der Waals surface area contributed by atoms with Crippen molar-refractivity contribution < 1.29 is 14.0 Å². The highest BCUT2D eigenvalue weighted by atomic mass is 16.7. The largest absolute Gasteiger partial charge is 0.494 e. The molecule has 0 radical (unpaired) electrons. The van der Waals surface area contributed by atoms with E-state index in [1.807, 2.05) is 31.2 Å². The first-order chi connectivity index (χ1) is 11.7. The first-order valence-corrected chi connectivity index (χ1v) is 8.60. The van der Waals surface area contributed by atoms with Gasteiger partial charge >= 0.3 is 7.12 Å². The summed E-state index contributed by atoms with van der Waals surface area (Å²) in [5.74, 6) is 0. The van der Waals surface area contributed by atoms with E-state index >= 15 is 0 Å². The van der Waals surface area contributed by atoms with Crippen molar-refractivity contribution in [1.82, 2.24) is 0 Å². The second-order valence-corrected chi connectivity index (χ2v) is 7.25. The first-order valence-electron chi connectivity index (χ1n) is 8.60. The number of methoxy groups -OCH3 is 1. The van der Waals surface area contributed by atoms with Crippen molar-refractivity contribution in [2.75, 3.05) is 20.3 Å². The molecule has 0 bridgehead atoms. The average molecular weight is 344 g/mol. The second kappa shape index (κ2) is 7.73. The summed E-state index contributed by atoms with van der Waals surface area (Å²) in [6.45, 7) is 11.4. The van der Waals surface area contributed by atoms with Gasteiger partial charge < -0.3 is 19.8 Å². The first kappa shape index (κ1) is 19.7. The summed E-state index contributed by atoms with van der Waals surface area (Å²) in [6.07, 6.45) is 1.59. The molecule has 1 heterocycles. The molecule has 1 aliphatic heterocycles. The molecular formula is C19H29BN2O3. The molecule has 0 unspecified atom stereocenters. The third-order valence-corrected chi connectivity index (χ3v) is 4.95. The Morgan fingerprint density at radius 2 is 1.72 bits per heavy atom. The van der Waals surface area contributed by atoms with Gasteiger partial charge in [0.1, 0.15) is 0 Å². The molecule has 2 N–H and O–H groups in total. The summed E-state index contributed by atoms with van der Waals surface area (Å²) in [6, 6.07) is 8.08. The summed E-state index contributed by atoms with van der Waals surface area (Å²) >= 11 is 0. The van der Waals surface area contributed by atoms with Gasteiger partial charge in [-0.25, -0.2) is 0 Å². The fourth-order valence-electron chi connectivity index (χ4n) is 2.61. The molecule has 0 aromatic heterocycles. The molecule has 0 saturated carbocycles. The van der Waals surface area contributed by atoms with Crippen LogP contribution in [0, 0.1) is 0 Å². The number of nitrogens with zero attached hydrogens (tertiary/aromatic N) is 1. The zero-order valence-electron chi connectivity index (χ0n) is 16.1. The maximum absolute atomic E-state index is 6.09. The van der Waals surface area contributed by atoms with Crippen molar-refractivity contribution in [1.29, 1.82) is 0 Å². The highest BCUT2D eigenvalue weighted by Crippen LogP contribution is 2.36. The van der Waals surface area contributed by atoms with Gasteiger partial charge in [0.15, 0.2) is 0 Å². The molecule has 25 heavy (non-hydrogen) atoms. The highest BCUT2D eigenvalue weighted by molar-refractivity contribution is 6.62. The summed E-state index contributed by atoms with van der Waals surface area (Å²) < 4.78 is 17.2. The van der Waals surface area contributed by atoms with Crippen molar-refractivity contribution in [3.8, 4) is 0 Å². The van der Waals surface area contributed by atoms with Gasteiger partial charge in [-0.05, 0) is 45.6 Å². The van der Waals surface area contributed by atoms with Crippen LogP contribution >= 0.6 is 0 Å². The highest BCUT2D eigenvalue weighted by Gasteiger charge is 2.51. The van der Waals surface area contributed by atoms with Crippen LogP contribution in [-0.2, 0) is 14.0 Å². The lowest BCUT2D eigenvalue weighted by Crippen LogP contribution is -2.41. The Morgan fingerprint density at radius 1 is 1.16 bits per heavy atom. The van der Waals surface area contributed by atoms with Crippen molar-refractivity contribution >= 4 is 23.9 Å². The minimum atomic E-state index is -0.360. The second-order valence-electron chi connectivity index (χ2n) is 7.25. The van der Waals surface area contributed by atoms with Crippen LogP contribution in [0.25, 0.3) is 5.57 Å². The van der Waals surface area contributed by atoms with Crippen LogP contribution in [0.4, 0.5) is 0 Å². The van der Waals surface area contributed by atoms with Crippen LogP contribution in [-0.4, -0.2) is 44.3 Å². The van der Waals surface area contributed by atoms with Crippen LogP contribution in [0.5, 0.6) is 0 Å². The third kappa shape index (κ3) is 4.32. The summed E-state index contributed by atoms with van der Waals surface area (Å²) in [5, 5.41) is 0. The topological polar surface area (TPSA) is 66.1 Å². The predicted octanol–water partition coefficient (Wildman–Crippen LogP) is 2.39. The summed E-state index contributed by atoms with van der Waals surface area (Å²) in [7, 11) is 1.31. The van der Waals surface area contributed by atoms with Gasteiger partial charge in [0.2, 0.25) is 0 Å². The summed E-state index contributed by atoms with van der Waals surface area (Å²) in [4.78, 5) is 4.49. The molecule has 6 heteroatoms. The molecule has 1 aromatic rings. The van der Waals surface area contributed by atoms with Crippen LogP contribution < -0.4 is 11.2 Å². The van der Waals surface area contributed by atoms with Crippen LogP contribution in [0.15, 0.2) is 35.5 Å². The van der Waals surface area contributed by atoms with Gasteiger partial charge in [0.05, 0.1) is 24.4 Å². The van der Waals surface area contributed by atoms with Crippen LogP contribution in [0.2, 0.25) is 0 Å². The Labute approximate surface area is 151 Å². The fourth-order valence-corrected chi connectivity index (χ4v) is 2.61. The van der Waals surface area contributed by atoms with E-state index in [0.717, 1.165) is 22.3 Å². The average Bonchev–Trinajstić information content (AvgIpc) is 2.77. The van der Waals surface area contributed by atoms with Crippen LogP contribution in [0.1, 0.15) is 40.2 Å². The number of hydrogen-bond acceptors (Lipinski definition) is 5. The van der Waals surface area contributed by atoms with Crippen molar-refractivity contribution in [2.24, 2.45) is 10.7 Å². The molecule has 0 aliphatic carbocycles. The van der Waals surface area contributed by atoms with E-state index in [4.69, 9.17) is 19.8 Å². The van der Waals surface area contributed by atoms with E-state index in [9.17, 15) is 0 Å². The van der Waals surface area contributed by atoms with Gasteiger partial charge in [0, 0.05) is 24.6 Å². The Hall–Kier alpha value is -1.63. The Balaban J connectivity index is 2.16. The molecular weight excluding hydrogens is 315 g/mol. The normalized spacial score (nSPS) is 20.2. The lowest BCUT2D eigenvalue weighted by Gasteiger charge is -2.32. The number of rotatable bonds is 6. The zero-order valence-corrected chi connectivity index (χ0v) is 16.1. The van der Waals surface area contributed by atoms with Crippen molar-refractivity contribution in [3.63, 3.8) is 0 Å². The number of nitrogens with two attached hydrogens (primary N) is 1. The Morgan fingerprint density at radius 3 is 2.20 bits per heavy atom. The summed E-state index contributed by atoms with van der Waals surface area (Å²) in [5.41, 5.74) is 8.94. The van der Waals surface area contributed by atoms with Gasteiger partial charge in [-0.2, -0.15) is 0 Å². The minimum Gasteiger partial charge on any atom is -0.404 e. The lowest BCUT2D eigenvalue weighted by atomic mass is 9.78. The van der Waals surface area contributed by atoms with Gasteiger partial charge in [-0.1, -0.05) is 24.3 Å². The molecule has 0 amide bonds. The SMILES string of the molecule is COCCN=C(C)/C(=C\N)c1ccc(B2OC(C)(C)C(C)(C)O2)cc1. The minimum absolute atomic E-state index is 0.344. The monoisotopic (exact) mass is 344 g/mol. The number of aliphatic imine (C=N–C) groups is 1. The van der Waals surface area contributed by atoms with Gasteiger partial charge in [-0.3, -0.25) is 4.99 Å². The van der Waals surface area contributed by atoms with Crippen molar-refractivity contribution in [2.45, 2.75) is 45.8 Å². The Bertz CT molecular complexity index is 635. The number of allylic oxidation sites excluding steroid dienone is 1. The van der Waals surface area contributed by atoms with Gasteiger partial charge in [0.25, 0.3) is 0 Å². The number of ether oxygens (including phenoxy) is 1.